The number of fused-ring (bicyclic) bond motifs is 1. The highest BCUT2D eigenvalue weighted by molar-refractivity contribution is 6.07. The first-order valence-corrected chi connectivity index (χ1v) is 6.24. The Morgan fingerprint density at radius 3 is 3.00 bits per heavy atom. The number of hydrogen-bond acceptors (Lipinski definition) is 3. The van der Waals surface area contributed by atoms with Crippen LogP contribution >= 0.6 is 0 Å². The average molecular weight is 261 g/mol. The summed E-state index contributed by atoms with van der Waals surface area (Å²) in [6.45, 7) is 1.33. The lowest BCUT2D eigenvalue weighted by Gasteiger charge is -2.16. The van der Waals surface area contributed by atoms with E-state index in [-0.39, 0.29) is 5.91 Å². The highest BCUT2D eigenvalue weighted by atomic mass is 16.5. The van der Waals surface area contributed by atoms with Crippen molar-refractivity contribution in [2.24, 2.45) is 0 Å². The third-order valence-electron chi connectivity index (χ3n) is 3.12. The van der Waals surface area contributed by atoms with Crippen molar-refractivity contribution >= 4 is 22.5 Å². The second-order valence-electron chi connectivity index (χ2n) is 4.58. The fourth-order valence-corrected chi connectivity index (χ4v) is 2.07. The van der Waals surface area contributed by atoms with Gasteiger partial charge in [-0.2, -0.15) is 0 Å². The Hall–Kier alpha value is -2.01. The zero-order chi connectivity index (χ0) is 13.8. The zero-order valence-electron chi connectivity index (χ0n) is 11.3. The first-order valence-electron chi connectivity index (χ1n) is 6.24. The van der Waals surface area contributed by atoms with Gasteiger partial charge in [-0.25, -0.2) is 0 Å². The van der Waals surface area contributed by atoms with Crippen LogP contribution in [0.25, 0.3) is 10.9 Å². The number of amides is 1. The number of carbonyl (C=O) groups is 1. The average Bonchev–Trinajstić information content (AvgIpc) is 2.80. The predicted molar refractivity (Wildman–Crippen MR) is 76.2 cm³/mol. The molecule has 2 rings (SSSR count). The number of nitrogen functional groups attached to an aromatic ring is 1. The van der Waals surface area contributed by atoms with Gasteiger partial charge in [0.2, 0.25) is 0 Å². The Morgan fingerprint density at radius 2 is 2.26 bits per heavy atom. The molecule has 5 heteroatoms. The molecule has 19 heavy (non-hydrogen) atoms. The summed E-state index contributed by atoms with van der Waals surface area (Å²) in [4.78, 5) is 17.1. The third-order valence-corrected chi connectivity index (χ3v) is 3.12. The maximum absolute atomic E-state index is 12.3. The van der Waals surface area contributed by atoms with E-state index in [2.05, 4.69) is 4.98 Å². The van der Waals surface area contributed by atoms with Crippen molar-refractivity contribution in [3.8, 4) is 0 Å². The summed E-state index contributed by atoms with van der Waals surface area (Å²) in [6.07, 6.45) is 2.56. The van der Waals surface area contributed by atoms with E-state index in [1.807, 2.05) is 12.1 Å². The molecular formula is C14H19N3O2. The minimum absolute atomic E-state index is 0.00660. The van der Waals surface area contributed by atoms with E-state index in [0.29, 0.717) is 24.4 Å². The lowest BCUT2D eigenvalue weighted by atomic mass is 10.1. The number of rotatable bonds is 5. The Bertz CT molecular complexity index is 577. The van der Waals surface area contributed by atoms with Crippen molar-refractivity contribution in [3.63, 3.8) is 0 Å². The molecule has 5 nitrogen and oxygen atoms in total. The first-order chi connectivity index (χ1) is 9.13. The Morgan fingerprint density at radius 1 is 1.47 bits per heavy atom. The number of nitrogens with two attached hydrogens (primary N) is 1. The van der Waals surface area contributed by atoms with Gasteiger partial charge in [0, 0.05) is 50.1 Å². The van der Waals surface area contributed by atoms with Gasteiger partial charge in [0.15, 0.2) is 0 Å². The summed E-state index contributed by atoms with van der Waals surface area (Å²) in [5.41, 5.74) is 7.96. The molecule has 1 aromatic heterocycles. The van der Waals surface area contributed by atoms with Crippen molar-refractivity contribution in [1.29, 1.82) is 0 Å². The molecular weight excluding hydrogens is 242 g/mol. The molecule has 1 amide bonds. The number of methoxy groups -OCH3 is 1. The van der Waals surface area contributed by atoms with Crippen molar-refractivity contribution in [3.05, 3.63) is 30.0 Å². The Labute approximate surface area is 112 Å². The lowest BCUT2D eigenvalue weighted by Crippen LogP contribution is -2.28. The maximum atomic E-state index is 12.3. The largest absolute Gasteiger partial charge is 0.399 e. The summed E-state index contributed by atoms with van der Waals surface area (Å²) in [7, 11) is 3.46. The van der Waals surface area contributed by atoms with Gasteiger partial charge in [-0.3, -0.25) is 4.79 Å². The van der Waals surface area contributed by atoms with Gasteiger partial charge < -0.3 is 20.4 Å². The van der Waals surface area contributed by atoms with Gasteiger partial charge in [0.25, 0.3) is 5.91 Å². The summed E-state index contributed by atoms with van der Waals surface area (Å²) >= 11 is 0. The number of ether oxygens (including phenoxy) is 1. The van der Waals surface area contributed by atoms with Crippen LogP contribution in [0.4, 0.5) is 5.69 Å². The summed E-state index contributed by atoms with van der Waals surface area (Å²) in [5, 5.41) is 0.901. The molecule has 1 heterocycles. The molecule has 0 aliphatic heterocycles. The van der Waals surface area contributed by atoms with Gasteiger partial charge in [-0.1, -0.05) is 0 Å². The number of carbonyl (C=O) groups excluding carboxylic acids is 1. The Balaban J connectivity index is 2.17. The van der Waals surface area contributed by atoms with Crippen molar-refractivity contribution in [2.45, 2.75) is 6.42 Å². The topological polar surface area (TPSA) is 71.3 Å². The Kier molecular flexibility index (Phi) is 4.06. The molecule has 0 unspecified atom stereocenters. The number of H-pyrrole nitrogens is 1. The van der Waals surface area contributed by atoms with E-state index >= 15 is 0 Å². The summed E-state index contributed by atoms with van der Waals surface area (Å²) in [5.74, 6) is 0.00660. The lowest BCUT2D eigenvalue weighted by molar-refractivity contribution is 0.0781. The number of anilines is 1. The summed E-state index contributed by atoms with van der Waals surface area (Å²) < 4.78 is 4.99. The molecule has 0 fully saturated rings. The standard InChI is InChI=1S/C14H19N3O2/c1-17(6-3-7-19-2)14(18)12-9-16-13-8-10(15)4-5-11(12)13/h4-5,8-9,16H,3,6-7,15H2,1-2H3. The van der Waals surface area contributed by atoms with Crippen LogP contribution in [0.15, 0.2) is 24.4 Å². The minimum Gasteiger partial charge on any atom is -0.399 e. The SMILES string of the molecule is COCCCN(C)C(=O)c1c[nH]c2cc(N)ccc12. The molecule has 2 aromatic rings. The van der Waals surface area contributed by atoms with E-state index in [4.69, 9.17) is 10.5 Å². The summed E-state index contributed by atoms with van der Waals surface area (Å²) in [6, 6.07) is 5.51. The molecule has 0 aliphatic rings. The highest BCUT2D eigenvalue weighted by Gasteiger charge is 2.15. The van der Waals surface area contributed by atoms with Crippen LogP contribution in [0.2, 0.25) is 0 Å². The maximum Gasteiger partial charge on any atom is 0.255 e. The smallest absolute Gasteiger partial charge is 0.255 e. The highest BCUT2D eigenvalue weighted by Crippen LogP contribution is 2.21. The van der Waals surface area contributed by atoms with Gasteiger partial charge in [-0.05, 0) is 24.6 Å². The molecule has 102 valence electrons. The monoisotopic (exact) mass is 261 g/mol. The van der Waals surface area contributed by atoms with Gasteiger partial charge in [-0.15, -0.1) is 0 Å². The van der Waals surface area contributed by atoms with E-state index in [1.165, 1.54) is 0 Å². The fourth-order valence-electron chi connectivity index (χ4n) is 2.07. The zero-order valence-corrected chi connectivity index (χ0v) is 11.3. The van der Waals surface area contributed by atoms with Crippen LogP contribution in [-0.4, -0.2) is 43.1 Å². The molecule has 0 saturated heterocycles. The van der Waals surface area contributed by atoms with Crippen molar-refractivity contribution in [2.75, 3.05) is 33.0 Å². The quantitative estimate of drug-likeness (QED) is 0.637. The van der Waals surface area contributed by atoms with Gasteiger partial charge >= 0.3 is 0 Å². The number of nitrogens with one attached hydrogen (secondary N) is 1. The van der Waals surface area contributed by atoms with Crippen LogP contribution in [-0.2, 0) is 4.74 Å². The molecule has 0 saturated carbocycles. The normalized spacial score (nSPS) is 10.8. The molecule has 3 N–H and O–H groups in total. The number of benzene rings is 1. The van der Waals surface area contributed by atoms with Crippen LogP contribution in [0.1, 0.15) is 16.8 Å². The van der Waals surface area contributed by atoms with Crippen LogP contribution in [0.3, 0.4) is 0 Å². The van der Waals surface area contributed by atoms with Crippen molar-refractivity contribution in [1.82, 2.24) is 9.88 Å². The van der Waals surface area contributed by atoms with E-state index < -0.39 is 0 Å². The van der Waals surface area contributed by atoms with Crippen LogP contribution in [0, 0.1) is 0 Å². The molecule has 0 aliphatic carbocycles. The van der Waals surface area contributed by atoms with Crippen LogP contribution < -0.4 is 5.73 Å². The third kappa shape index (κ3) is 2.88. The number of aromatic amines is 1. The van der Waals surface area contributed by atoms with E-state index in [1.54, 1.807) is 31.3 Å². The molecule has 0 radical (unpaired) electrons. The second kappa shape index (κ2) is 5.75. The molecule has 0 bridgehead atoms. The van der Waals surface area contributed by atoms with Gasteiger partial charge in [0.1, 0.15) is 0 Å². The number of aromatic nitrogens is 1. The fraction of sp³-hybridized carbons (Fsp3) is 0.357. The number of hydrogen-bond donors (Lipinski definition) is 2. The predicted octanol–water partition coefficient (Wildman–Crippen LogP) is 1.86. The van der Waals surface area contributed by atoms with Crippen LogP contribution in [0.5, 0.6) is 0 Å². The van der Waals surface area contributed by atoms with E-state index in [0.717, 1.165) is 17.3 Å². The second-order valence-corrected chi connectivity index (χ2v) is 4.58. The molecule has 1 aromatic carbocycles. The minimum atomic E-state index is 0.00660. The van der Waals surface area contributed by atoms with Crippen molar-refractivity contribution < 1.29 is 9.53 Å². The molecule has 0 atom stereocenters. The first kappa shape index (κ1) is 13.4. The van der Waals surface area contributed by atoms with Gasteiger partial charge in [0.05, 0.1) is 5.56 Å². The van der Waals surface area contributed by atoms with E-state index in [9.17, 15) is 4.79 Å². The molecule has 0 spiro atoms. The number of nitrogens with zero attached hydrogens (tertiary/aromatic N) is 1.